The van der Waals surface area contributed by atoms with E-state index in [-0.39, 0.29) is 12.1 Å². The van der Waals surface area contributed by atoms with Gasteiger partial charge in [0.2, 0.25) is 0 Å². The predicted molar refractivity (Wildman–Crippen MR) is 88.1 cm³/mol. The third-order valence-corrected chi connectivity index (χ3v) is 4.04. The molecule has 3 rings (SSSR count). The SMILES string of the molecule is CC(C)NC(=O)NCCc1ccc2c(c1)nc(C1CC1)n2C. The number of nitrogens with zero attached hydrogens (tertiary/aromatic N) is 2. The van der Waals surface area contributed by atoms with Gasteiger partial charge >= 0.3 is 6.03 Å². The van der Waals surface area contributed by atoms with Crippen molar-refractivity contribution in [3.05, 3.63) is 29.6 Å². The maximum atomic E-state index is 11.5. The van der Waals surface area contributed by atoms with Crippen LogP contribution in [0.4, 0.5) is 4.79 Å². The number of hydrogen-bond donors (Lipinski definition) is 2. The number of fused-ring (bicyclic) bond motifs is 1. The highest BCUT2D eigenvalue weighted by molar-refractivity contribution is 5.77. The van der Waals surface area contributed by atoms with Crippen LogP contribution in [0.2, 0.25) is 0 Å². The van der Waals surface area contributed by atoms with Crippen LogP contribution in [0, 0.1) is 0 Å². The number of carbonyl (C=O) groups excluding carboxylic acids is 1. The van der Waals surface area contributed by atoms with Crippen LogP contribution in [0.25, 0.3) is 11.0 Å². The summed E-state index contributed by atoms with van der Waals surface area (Å²) in [5, 5.41) is 5.70. The second-order valence-electron chi connectivity index (χ2n) is 6.43. The van der Waals surface area contributed by atoms with Gasteiger partial charge in [-0.15, -0.1) is 0 Å². The van der Waals surface area contributed by atoms with Crippen molar-refractivity contribution in [1.29, 1.82) is 0 Å². The molecule has 1 aromatic carbocycles. The van der Waals surface area contributed by atoms with E-state index in [2.05, 4.69) is 40.4 Å². The molecule has 0 aliphatic heterocycles. The predicted octanol–water partition coefficient (Wildman–Crippen LogP) is 2.70. The average molecular weight is 300 g/mol. The Labute approximate surface area is 131 Å². The summed E-state index contributed by atoms with van der Waals surface area (Å²) in [4.78, 5) is 16.3. The summed E-state index contributed by atoms with van der Waals surface area (Å²) in [6.45, 7) is 4.53. The van der Waals surface area contributed by atoms with E-state index in [1.54, 1.807) is 0 Å². The van der Waals surface area contributed by atoms with Gasteiger partial charge in [0.15, 0.2) is 0 Å². The van der Waals surface area contributed by atoms with E-state index in [1.165, 1.54) is 29.7 Å². The summed E-state index contributed by atoms with van der Waals surface area (Å²) in [7, 11) is 2.10. The molecule has 2 N–H and O–H groups in total. The molecule has 5 heteroatoms. The van der Waals surface area contributed by atoms with Crippen LogP contribution < -0.4 is 10.6 Å². The van der Waals surface area contributed by atoms with E-state index in [0.29, 0.717) is 12.5 Å². The van der Waals surface area contributed by atoms with Crippen molar-refractivity contribution in [2.45, 2.75) is 45.1 Å². The number of amides is 2. The lowest BCUT2D eigenvalue weighted by Gasteiger charge is -2.10. The molecule has 0 radical (unpaired) electrons. The Balaban J connectivity index is 1.64. The van der Waals surface area contributed by atoms with Gasteiger partial charge in [0, 0.05) is 25.6 Å². The van der Waals surface area contributed by atoms with Gasteiger partial charge in [0.1, 0.15) is 5.82 Å². The molecule has 0 spiro atoms. The van der Waals surface area contributed by atoms with E-state index < -0.39 is 0 Å². The van der Waals surface area contributed by atoms with E-state index in [9.17, 15) is 4.79 Å². The van der Waals surface area contributed by atoms with Gasteiger partial charge in [-0.1, -0.05) is 6.07 Å². The van der Waals surface area contributed by atoms with Crippen molar-refractivity contribution in [1.82, 2.24) is 20.2 Å². The average Bonchev–Trinajstić information content (AvgIpc) is 3.23. The Morgan fingerprint density at radius 3 is 2.86 bits per heavy atom. The molecule has 0 unspecified atom stereocenters. The number of nitrogens with one attached hydrogen (secondary N) is 2. The van der Waals surface area contributed by atoms with E-state index in [0.717, 1.165) is 11.9 Å². The fourth-order valence-electron chi connectivity index (χ4n) is 2.76. The first-order valence-corrected chi connectivity index (χ1v) is 8.04. The molecule has 0 saturated heterocycles. The van der Waals surface area contributed by atoms with Crippen molar-refractivity contribution < 1.29 is 4.79 Å². The largest absolute Gasteiger partial charge is 0.338 e. The number of carbonyl (C=O) groups is 1. The van der Waals surface area contributed by atoms with Crippen LogP contribution in [0.3, 0.4) is 0 Å². The molecular formula is C17H24N4O. The van der Waals surface area contributed by atoms with Crippen LogP contribution in [0.1, 0.15) is 44.0 Å². The highest BCUT2D eigenvalue weighted by Crippen LogP contribution is 2.40. The first kappa shape index (κ1) is 14.9. The third-order valence-electron chi connectivity index (χ3n) is 4.04. The van der Waals surface area contributed by atoms with Gasteiger partial charge in [-0.3, -0.25) is 0 Å². The second-order valence-corrected chi connectivity index (χ2v) is 6.43. The molecule has 1 fully saturated rings. The number of rotatable bonds is 5. The molecule has 1 heterocycles. The number of aryl methyl sites for hydroxylation is 1. The molecule has 2 amide bonds. The first-order chi connectivity index (χ1) is 10.5. The molecule has 0 bridgehead atoms. The molecule has 22 heavy (non-hydrogen) atoms. The minimum Gasteiger partial charge on any atom is -0.338 e. The molecule has 2 aromatic rings. The number of benzene rings is 1. The number of urea groups is 1. The van der Waals surface area contributed by atoms with Gasteiger partial charge in [-0.25, -0.2) is 9.78 Å². The third kappa shape index (κ3) is 3.24. The molecule has 5 nitrogen and oxygen atoms in total. The Morgan fingerprint density at radius 1 is 1.41 bits per heavy atom. The van der Waals surface area contributed by atoms with Gasteiger partial charge in [0.25, 0.3) is 0 Å². The smallest absolute Gasteiger partial charge is 0.314 e. The standard InChI is InChI=1S/C17H24N4O/c1-11(2)19-17(22)18-9-8-12-4-7-15-14(10-12)20-16(21(15)3)13-5-6-13/h4,7,10-11,13H,5-6,8-9H2,1-3H3,(H2,18,19,22). The highest BCUT2D eigenvalue weighted by Gasteiger charge is 2.28. The maximum Gasteiger partial charge on any atom is 0.314 e. The van der Waals surface area contributed by atoms with E-state index in [4.69, 9.17) is 4.98 Å². The van der Waals surface area contributed by atoms with Crippen LogP contribution in [-0.4, -0.2) is 28.2 Å². The summed E-state index contributed by atoms with van der Waals surface area (Å²) in [6.07, 6.45) is 3.34. The lowest BCUT2D eigenvalue weighted by atomic mass is 10.1. The second kappa shape index (κ2) is 5.99. The number of hydrogen-bond acceptors (Lipinski definition) is 2. The lowest BCUT2D eigenvalue weighted by molar-refractivity contribution is 0.238. The number of aromatic nitrogens is 2. The normalized spacial score (nSPS) is 14.5. The minimum absolute atomic E-state index is 0.107. The molecule has 118 valence electrons. The Morgan fingerprint density at radius 2 is 2.18 bits per heavy atom. The molecule has 1 saturated carbocycles. The van der Waals surface area contributed by atoms with Crippen LogP contribution in [0.5, 0.6) is 0 Å². The lowest BCUT2D eigenvalue weighted by Crippen LogP contribution is -2.40. The monoisotopic (exact) mass is 300 g/mol. The fourth-order valence-corrected chi connectivity index (χ4v) is 2.76. The zero-order chi connectivity index (χ0) is 15.7. The van der Waals surface area contributed by atoms with Gasteiger partial charge in [-0.2, -0.15) is 0 Å². The molecule has 1 aliphatic rings. The zero-order valence-electron chi connectivity index (χ0n) is 13.5. The van der Waals surface area contributed by atoms with Crippen molar-refractivity contribution in [3.8, 4) is 0 Å². The van der Waals surface area contributed by atoms with Crippen LogP contribution >= 0.6 is 0 Å². The number of imidazole rings is 1. The molecule has 0 atom stereocenters. The van der Waals surface area contributed by atoms with E-state index in [1.807, 2.05) is 13.8 Å². The van der Waals surface area contributed by atoms with Gasteiger partial charge in [0.05, 0.1) is 11.0 Å². The van der Waals surface area contributed by atoms with Crippen molar-refractivity contribution in [2.75, 3.05) is 6.54 Å². The summed E-state index contributed by atoms with van der Waals surface area (Å²) in [5.41, 5.74) is 3.46. The Bertz CT molecular complexity index is 685. The Hall–Kier alpha value is -2.04. The molecular weight excluding hydrogens is 276 g/mol. The minimum atomic E-state index is -0.107. The van der Waals surface area contributed by atoms with Gasteiger partial charge in [-0.05, 0) is 50.8 Å². The maximum absolute atomic E-state index is 11.5. The summed E-state index contributed by atoms with van der Waals surface area (Å²) < 4.78 is 2.21. The van der Waals surface area contributed by atoms with Crippen molar-refractivity contribution in [3.63, 3.8) is 0 Å². The van der Waals surface area contributed by atoms with Crippen LogP contribution in [-0.2, 0) is 13.5 Å². The summed E-state index contributed by atoms with van der Waals surface area (Å²) in [6, 6.07) is 6.46. The zero-order valence-corrected chi connectivity index (χ0v) is 13.5. The van der Waals surface area contributed by atoms with Gasteiger partial charge < -0.3 is 15.2 Å². The van der Waals surface area contributed by atoms with Crippen molar-refractivity contribution >= 4 is 17.1 Å². The quantitative estimate of drug-likeness (QED) is 0.892. The van der Waals surface area contributed by atoms with E-state index >= 15 is 0 Å². The summed E-state index contributed by atoms with van der Waals surface area (Å²) >= 11 is 0. The van der Waals surface area contributed by atoms with Crippen molar-refractivity contribution in [2.24, 2.45) is 7.05 Å². The molecule has 1 aromatic heterocycles. The Kier molecular flexibility index (Phi) is 4.05. The van der Waals surface area contributed by atoms with Crippen LogP contribution in [0.15, 0.2) is 18.2 Å². The first-order valence-electron chi connectivity index (χ1n) is 8.04. The molecule has 1 aliphatic carbocycles. The fraction of sp³-hybridized carbons (Fsp3) is 0.529. The summed E-state index contributed by atoms with van der Waals surface area (Å²) in [5.74, 6) is 1.86. The topological polar surface area (TPSA) is 59.0 Å². The highest BCUT2D eigenvalue weighted by atomic mass is 16.2.